The number of hydrogen-bond acceptors (Lipinski definition) is 5. The Hall–Kier alpha value is -2.05. The fraction of sp³-hybridized carbons (Fsp3) is 0.0714. The Labute approximate surface area is 125 Å². The normalized spacial score (nSPS) is 10.7. The zero-order chi connectivity index (χ0) is 14.1. The Bertz CT molecular complexity index is 795. The predicted molar refractivity (Wildman–Crippen MR) is 87.8 cm³/mol. The number of aryl methyl sites for hydroxylation is 1. The van der Waals surface area contributed by atoms with Gasteiger partial charge in [0.1, 0.15) is 4.99 Å². The Morgan fingerprint density at radius 1 is 1.30 bits per heavy atom. The highest BCUT2D eigenvalue weighted by Gasteiger charge is 2.05. The van der Waals surface area contributed by atoms with Crippen molar-refractivity contribution in [3.05, 3.63) is 47.8 Å². The summed E-state index contributed by atoms with van der Waals surface area (Å²) in [6.45, 7) is 2.07. The lowest BCUT2D eigenvalue weighted by molar-refractivity contribution is 1.29. The molecule has 20 heavy (non-hydrogen) atoms. The average Bonchev–Trinajstić information content (AvgIpc) is 2.80. The molecule has 2 heterocycles. The van der Waals surface area contributed by atoms with Gasteiger partial charge in [0, 0.05) is 11.9 Å². The van der Waals surface area contributed by atoms with Gasteiger partial charge in [0.15, 0.2) is 5.13 Å². The highest BCUT2D eigenvalue weighted by molar-refractivity contribution is 7.80. The summed E-state index contributed by atoms with van der Waals surface area (Å²) in [5.41, 5.74) is 9.28. The largest absolute Gasteiger partial charge is 0.388 e. The lowest BCUT2D eigenvalue weighted by atomic mass is 10.2. The van der Waals surface area contributed by atoms with E-state index >= 15 is 0 Å². The van der Waals surface area contributed by atoms with Gasteiger partial charge in [-0.3, -0.25) is 4.98 Å². The van der Waals surface area contributed by atoms with Gasteiger partial charge in [-0.25, -0.2) is 4.98 Å². The number of nitrogens with zero attached hydrogens (tertiary/aromatic N) is 2. The van der Waals surface area contributed by atoms with Crippen molar-refractivity contribution >= 4 is 49.6 Å². The van der Waals surface area contributed by atoms with Crippen molar-refractivity contribution in [3.8, 4) is 0 Å². The number of fused-ring (bicyclic) bond motifs is 1. The molecule has 0 aliphatic carbocycles. The molecule has 0 atom stereocenters. The second kappa shape index (κ2) is 5.15. The van der Waals surface area contributed by atoms with Crippen LogP contribution in [-0.2, 0) is 0 Å². The molecule has 0 amide bonds. The molecule has 0 bridgehead atoms. The summed E-state index contributed by atoms with van der Waals surface area (Å²) < 4.78 is 1.16. The van der Waals surface area contributed by atoms with Gasteiger partial charge >= 0.3 is 0 Å². The summed E-state index contributed by atoms with van der Waals surface area (Å²) in [5, 5.41) is 4.10. The van der Waals surface area contributed by atoms with Crippen LogP contribution >= 0.6 is 23.6 Å². The molecule has 0 aliphatic rings. The third kappa shape index (κ3) is 2.61. The van der Waals surface area contributed by atoms with Crippen LogP contribution in [0, 0.1) is 6.92 Å². The van der Waals surface area contributed by atoms with E-state index in [4.69, 9.17) is 18.0 Å². The predicted octanol–water partition coefficient (Wildman–Crippen LogP) is 3.38. The van der Waals surface area contributed by atoms with E-state index in [-0.39, 0.29) is 4.99 Å². The molecule has 0 saturated heterocycles. The van der Waals surface area contributed by atoms with Crippen LogP contribution in [0.15, 0.2) is 36.5 Å². The topological polar surface area (TPSA) is 63.8 Å². The van der Waals surface area contributed by atoms with Crippen molar-refractivity contribution in [1.29, 1.82) is 0 Å². The zero-order valence-electron chi connectivity index (χ0n) is 10.8. The molecule has 0 unspecified atom stereocenters. The fourth-order valence-electron chi connectivity index (χ4n) is 1.85. The fourth-order valence-corrected chi connectivity index (χ4v) is 2.95. The van der Waals surface area contributed by atoms with Gasteiger partial charge in [-0.15, -0.1) is 0 Å². The van der Waals surface area contributed by atoms with Crippen LogP contribution in [0.2, 0.25) is 0 Å². The minimum atomic E-state index is 0.286. The van der Waals surface area contributed by atoms with Crippen molar-refractivity contribution in [2.75, 3.05) is 5.32 Å². The molecule has 100 valence electrons. The van der Waals surface area contributed by atoms with Crippen LogP contribution in [0.25, 0.3) is 10.2 Å². The number of thiazole rings is 1. The number of nitrogens with two attached hydrogens (primary N) is 1. The second-order valence-electron chi connectivity index (χ2n) is 4.41. The van der Waals surface area contributed by atoms with Gasteiger partial charge in [-0.1, -0.05) is 29.6 Å². The van der Waals surface area contributed by atoms with Crippen molar-refractivity contribution in [3.63, 3.8) is 0 Å². The third-order valence-electron chi connectivity index (χ3n) is 2.81. The van der Waals surface area contributed by atoms with Gasteiger partial charge in [-0.05, 0) is 36.8 Å². The van der Waals surface area contributed by atoms with Crippen molar-refractivity contribution in [2.45, 2.75) is 6.92 Å². The van der Waals surface area contributed by atoms with Crippen molar-refractivity contribution in [1.82, 2.24) is 9.97 Å². The van der Waals surface area contributed by atoms with Crippen LogP contribution < -0.4 is 11.1 Å². The van der Waals surface area contributed by atoms with Gasteiger partial charge in [-0.2, -0.15) is 0 Å². The van der Waals surface area contributed by atoms with Crippen LogP contribution in [-0.4, -0.2) is 15.0 Å². The molecule has 0 aliphatic heterocycles. The Kier molecular flexibility index (Phi) is 3.33. The van der Waals surface area contributed by atoms with E-state index in [1.807, 2.05) is 18.2 Å². The number of pyridine rings is 1. The molecule has 6 heteroatoms. The number of anilines is 2. The molecule has 0 fully saturated rings. The number of nitrogens with one attached hydrogen (secondary N) is 1. The van der Waals surface area contributed by atoms with Gasteiger partial charge in [0.05, 0.1) is 15.9 Å². The van der Waals surface area contributed by atoms with Gasteiger partial charge in [0.2, 0.25) is 0 Å². The maximum absolute atomic E-state index is 5.58. The Morgan fingerprint density at radius 2 is 2.15 bits per heavy atom. The van der Waals surface area contributed by atoms with Gasteiger partial charge < -0.3 is 11.1 Å². The van der Waals surface area contributed by atoms with E-state index in [2.05, 4.69) is 34.3 Å². The SMILES string of the molecule is Cc1ccc2nc(Nc3ccnc(C(N)=S)c3)sc2c1. The van der Waals surface area contributed by atoms with Crippen LogP contribution in [0.1, 0.15) is 11.3 Å². The molecule has 1 aromatic carbocycles. The summed E-state index contributed by atoms with van der Waals surface area (Å²) in [6.07, 6.45) is 1.67. The number of benzene rings is 1. The smallest absolute Gasteiger partial charge is 0.188 e. The monoisotopic (exact) mass is 300 g/mol. The number of hydrogen-bond donors (Lipinski definition) is 2. The summed E-state index contributed by atoms with van der Waals surface area (Å²) in [5.74, 6) is 0. The Morgan fingerprint density at radius 3 is 2.95 bits per heavy atom. The van der Waals surface area contributed by atoms with Crippen LogP contribution in [0.5, 0.6) is 0 Å². The maximum Gasteiger partial charge on any atom is 0.188 e. The summed E-state index contributed by atoms with van der Waals surface area (Å²) in [7, 11) is 0. The second-order valence-corrected chi connectivity index (χ2v) is 5.88. The Balaban J connectivity index is 1.92. The lowest BCUT2D eigenvalue weighted by Gasteiger charge is -2.03. The molecule has 3 N–H and O–H groups in total. The van der Waals surface area contributed by atoms with Crippen LogP contribution in [0.4, 0.5) is 10.8 Å². The molecule has 0 saturated carbocycles. The first kappa shape index (κ1) is 13.0. The average molecular weight is 300 g/mol. The maximum atomic E-state index is 5.58. The van der Waals surface area contributed by atoms with E-state index in [0.717, 1.165) is 21.0 Å². The standard InChI is InChI=1S/C14H12N4S2/c1-8-2-3-10-12(6-8)20-14(18-10)17-9-4-5-16-11(7-9)13(15)19/h2-7H,1H3,(H2,15,19)(H,16,17,18). The summed E-state index contributed by atoms with van der Waals surface area (Å²) >= 11 is 6.54. The highest BCUT2D eigenvalue weighted by Crippen LogP contribution is 2.28. The number of rotatable bonds is 3. The van der Waals surface area contributed by atoms with Crippen molar-refractivity contribution in [2.24, 2.45) is 5.73 Å². The molecule has 0 spiro atoms. The van der Waals surface area contributed by atoms with Gasteiger partial charge in [0.25, 0.3) is 0 Å². The molecular weight excluding hydrogens is 288 g/mol. The van der Waals surface area contributed by atoms with Crippen LogP contribution in [0.3, 0.4) is 0 Å². The molecule has 0 radical (unpaired) electrons. The third-order valence-corrected chi connectivity index (χ3v) is 3.95. The molecule has 3 aromatic rings. The van der Waals surface area contributed by atoms with E-state index in [1.165, 1.54) is 5.56 Å². The molecule has 3 rings (SSSR count). The summed E-state index contributed by atoms with van der Waals surface area (Å²) in [6, 6.07) is 9.90. The first-order valence-electron chi connectivity index (χ1n) is 6.02. The lowest BCUT2D eigenvalue weighted by Crippen LogP contribution is -2.11. The minimum Gasteiger partial charge on any atom is -0.388 e. The number of aromatic nitrogens is 2. The first-order chi connectivity index (χ1) is 9.61. The first-order valence-corrected chi connectivity index (χ1v) is 7.24. The quantitative estimate of drug-likeness (QED) is 0.726. The van der Waals surface area contributed by atoms with E-state index in [9.17, 15) is 0 Å². The molecule has 4 nitrogen and oxygen atoms in total. The van der Waals surface area contributed by atoms with Crippen molar-refractivity contribution < 1.29 is 0 Å². The molecular formula is C14H12N4S2. The summed E-state index contributed by atoms with van der Waals surface area (Å²) in [4.78, 5) is 8.94. The number of thiocarbonyl (C=S) groups is 1. The zero-order valence-corrected chi connectivity index (χ0v) is 12.4. The van der Waals surface area contributed by atoms with E-state index in [1.54, 1.807) is 17.5 Å². The highest BCUT2D eigenvalue weighted by atomic mass is 32.1. The van der Waals surface area contributed by atoms with E-state index < -0.39 is 0 Å². The minimum absolute atomic E-state index is 0.286. The molecule has 2 aromatic heterocycles. The van der Waals surface area contributed by atoms with E-state index in [0.29, 0.717) is 5.69 Å².